The van der Waals surface area contributed by atoms with Gasteiger partial charge in [-0.2, -0.15) is 0 Å². The Morgan fingerprint density at radius 3 is 2.53 bits per heavy atom. The van der Waals surface area contributed by atoms with Gasteiger partial charge in [-0.1, -0.05) is 20.3 Å². The Kier molecular flexibility index (Phi) is 9.54. The highest BCUT2D eigenvalue weighted by Gasteiger charge is 2.39. The Labute approximate surface area is 197 Å². The first kappa shape index (κ1) is 26.8. The summed E-state index contributed by atoms with van der Waals surface area (Å²) in [5.41, 5.74) is 11.4. The number of carbonyl (C=O) groups excluding carboxylic acids is 4. The van der Waals surface area contributed by atoms with E-state index in [-0.39, 0.29) is 25.3 Å². The van der Waals surface area contributed by atoms with Crippen LogP contribution < -0.4 is 22.1 Å². The second-order valence-corrected chi connectivity index (χ2v) is 8.52. The molecule has 1 aliphatic heterocycles. The number of carboxylic acid groups (broad SMARTS) is 1. The minimum absolute atomic E-state index is 0.0514. The van der Waals surface area contributed by atoms with Crippen LogP contribution in [0.4, 0.5) is 0 Å². The lowest BCUT2D eigenvalue weighted by atomic mass is 9.97. The van der Waals surface area contributed by atoms with Gasteiger partial charge in [-0.25, -0.2) is 9.78 Å². The summed E-state index contributed by atoms with van der Waals surface area (Å²) in [5.74, 6) is -4.07. The molecule has 1 aromatic rings. The lowest BCUT2D eigenvalue weighted by Crippen LogP contribution is -2.59. The number of H-pyrrole nitrogens is 1. The van der Waals surface area contributed by atoms with Crippen LogP contribution in [0.5, 0.6) is 0 Å². The van der Waals surface area contributed by atoms with Crippen molar-refractivity contribution in [2.24, 2.45) is 17.4 Å². The van der Waals surface area contributed by atoms with E-state index < -0.39 is 53.8 Å². The van der Waals surface area contributed by atoms with E-state index in [1.165, 1.54) is 17.4 Å². The number of imidazole rings is 1. The Bertz CT molecular complexity index is 890. The predicted octanol–water partition coefficient (Wildman–Crippen LogP) is -1.75. The number of rotatable bonds is 12. The molecular formula is C21H33N7O6. The number of aliphatic carboxylic acids is 1. The van der Waals surface area contributed by atoms with E-state index in [9.17, 15) is 29.1 Å². The highest BCUT2D eigenvalue weighted by atomic mass is 16.4. The standard InChI is InChI=1S/C21H33N7O6/c1-3-11(2)17(27-18(30)13(22)8-16(23)29)19(31)26-14(7-12-9-24-10-25-12)20(32)28-6-4-5-15(28)21(33)34/h9-11,13-15,17H,3-8,22H2,1-2H3,(H2,23,29)(H,24,25)(H,26,31)(H,27,30)(H,33,34). The molecule has 34 heavy (non-hydrogen) atoms. The molecular weight excluding hydrogens is 446 g/mol. The van der Waals surface area contributed by atoms with Crippen molar-refractivity contribution < 1.29 is 29.1 Å². The zero-order valence-electron chi connectivity index (χ0n) is 19.3. The van der Waals surface area contributed by atoms with E-state index in [0.29, 0.717) is 25.0 Å². The molecule has 5 atom stereocenters. The second kappa shape index (κ2) is 12.1. The minimum Gasteiger partial charge on any atom is -0.480 e. The Morgan fingerprint density at radius 1 is 1.26 bits per heavy atom. The number of aromatic amines is 1. The molecule has 0 aromatic carbocycles. The van der Waals surface area contributed by atoms with Crippen LogP contribution in [0.3, 0.4) is 0 Å². The number of nitrogens with one attached hydrogen (secondary N) is 3. The number of primary amides is 1. The fraction of sp³-hybridized carbons (Fsp3) is 0.619. The highest BCUT2D eigenvalue weighted by molar-refractivity contribution is 5.95. The third-order valence-electron chi connectivity index (χ3n) is 5.97. The lowest BCUT2D eigenvalue weighted by molar-refractivity contribution is -0.149. The third kappa shape index (κ3) is 7.01. The van der Waals surface area contributed by atoms with Crippen LogP contribution >= 0.6 is 0 Å². The number of aromatic nitrogens is 2. The predicted molar refractivity (Wildman–Crippen MR) is 120 cm³/mol. The van der Waals surface area contributed by atoms with E-state index >= 15 is 0 Å². The normalized spacial score (nSPS) is 19.0. The molecule has 1 aromatic heterocycles. The summed E-state index contributed by atoms with van der Waals surface area (Å²) >= 11 is 0. The minimum atomic E-state index is -1.22. The molecule has 1 saturated heterocycles. The van der Waals surface area contributed by atoms with Gasteiger partial charge in [-0.3, -0.25) is 19.2 Å². The SMILES string of the molecule is CCC(C)C(NC(=O)C(N)CC(N)=O)C(=O)NC(Cc1cnc[nH]1)C(=O)N1CCCC1C(=O)O. The first-order valence-corrected chi connectivity index (χ1v) is 11.2. The van der Waals surface area contributed by atoms with Gasteiger partial charge in [0.05, 0.1) is 18.8 Å². The molecule has 1 aliphatic rings. The summed E-state index contributed by atoms with van der Waals surface area (Å²) in [7, 11) is 0. The van der Waals surface area contributed by atoms with Gasteiger partial charge in [-0.15, -0.1) is 0 Å². The van der Waals surface area contributed by atoms with Crippen molar-refractivity contribution in [2.75, 3.05) is 6.54 Å². The topological polar surface area (TPSA) is 214 Å². The molecule has 13 nitrogen and oxygen atoms in total. The molecule has 0 saturated carbocycles. The van der Waals surface area contributed by atoms with Gasteiger partial charge in [0.15, 0.2) is 0 Å². The number of amides is 4. The zero-order valence-corrected chi connectivity index (χ0v) is 19.3. The van der Waals surface area contributed by atoms with E-state index in [4.69, 9.17) is 11.5 Å². The molecule has 13 heteroatoms. The zero-order chi connectivity index (χ0) is 25.4. The summed E-state index contributed by atoms with van der Waals surface area (Å²) < 4.78 is 0. The lowest BCUT2D eigenvalue weighted by Gasteiger charge is -2.30. The molecule has 0 radical (unpaired) electrons. The number of likely N-dealkylation sites (tertiary alicyclic amines) is 1. The number of nitrogens with zero attached hydrogens (tertiary/aromatic N) is 2. The van der Waals surface area contributed by atoms with Gasteiger partial charge in [0.25, 0.3) is 0 Å². The van der Waals surface area contributed by atoms with Crippen LogP contribution in [0.2, 0.25) is 0 Å². The first-order valence-electron chi connectivity index (χ1n) is 11.2. The molecule has 8 N–H and O–H groups in total. The van der Waals surface area contributed by atoms with Gasteiger partial charge in [-0.05, 0) is 18.8 Å². The first-order chi connectivity index (χ1) is 16.0. The maximum atomic E-state index is 13.3. The van der Waals surface area contributed by atoms with Gasteiger partial charge in [0.2, 0.25) is 23.6 Å². The van der Waals surface area contributed by atoms with Gasteiger partial charge in [0.1, 0.15) is 18.1 Å². The fourth-order valence-corrected chi connectivity index (χ4v) is 3.84. The average molecular weight is 480 g/mol. The van der Waals surface area contributed by atoms with Gasteiger partial charge >= 0.3 is 5.97 Å². The number of carboxylic acids is 1. The smallest absolute Gasteiger partial charge is 0.326 e. The van der Waals surface area contributed by atoms with E-state index in [1.807, 2.05) is 6.92 Å². The van der Waals surface area contributed by atoms with Crippen molar-refractivity contribution >= 4 is 29.6 Å². The Hall–Kier alpha value is -3.48. The number of carbonyl (C=O) groups is 5. The molecule has 2 rings (SSSR count). The second-order valence-electron chi connectivity index (χ2n) is 8.52. The molecule has 0 aliphatic carbocycles. The molecule has 2 heterocycles. The molecule has 5 unspecified atom stereocenters. The van der Waals surface area contributed by atoms with E-state index in [0.717, 1.165) is 0 Å². The van der Waals surface area contributed by atoms with Gasteiger partial charge < -0.3 is 37.1 Å². The molecule has 0 spiro atoms. The van der Waals surface area contributed by atoms with Crippen LogP contribution in [0.15, 0.2) is 12.5 Å². The largest absolute Gasteiger partial charge is 0.480 e. The van der Waals surface area contributed by atoms with Crippen molar-refractivity contribution in [1.82, 2.24) is 25.5 Å². The van der Waals surface area contributed by atoms with Crippen LogP contribution in [0, 0.1) is 5.92 Å². The van der Waals surface area contributed by atoms with Crippen LogP contribution in [0.1, 0.15) is 45.2 Å². The van der Waals surface area contributed by atoms with Crippen molar-refractivity contribution in [3.63, 3.8) is 0 Å². The quantitative estimate of drug-likeness (QED) is 0.202. The number of hydrogen-bond acceptors (Lipinski definition) is 7. The summed E-state index contributed by atoms with van der Waals surface area (Å²) in [6.07, 6.45) is 3.99. The molecule has 4 amide bonds. The number of hydrogen-bond donors (Lipinski definition) is 6. The fourth-order valence-electron chi connectivity index (χ4n) is 3.84. The Morgan fingerprint density at radius 2 is 1.97 bits per heavy atom. The average Bonchev–Trinajstić information content (AvgIpc) is 3.47. The van der Waals surface area contributed by atoms with Gasteiger partial charge in [0, 0.05) is 24.9 Å². The van der Waals surface area contributed by atoms with Crippen molar-refractivity contribution in [3.05, 3.63) is 18.2 Å². The maximum Gasteiger partial charge on any atom is 0.326 e. The van der Waals surface area contributed by atoms with Crippen LogP contribution in [0.25, 0.3) is 0 Å². The van der Waals surface area contributed by atoms with Crippen molar-refractivity contribution in [3.8, 4) is 0 Å². The summed E-state index contributed by atoms with van der Waals surface area (Å²) in [5, 5.41) is 14.7. The van der Waals surface area contributed by atoms with Crippen LogP contribution in [-0.2, 0) is 30.4 Å². The maximum absolute atomic E-state index is 13.3. The van der Waals surface area contributed by atoms with Crippen molar-refractivity contribution in [1.29, 1.82) is 0 Å². The van der Waals surface area contributed by atoms with Crippen LogP contribution in [-0.4, -0.2) is 80.3 Å². The summed E-state index contributed by atoms with van der Waals surface area (Å²) in [6.45, 7) is 3.84. The summed E-state index contributed by atoms with van der Waals surface area (Å²) in [6, 6.07) is -4.32. The molecule has 1 fully saturated rings. The highest BCUT2D eigenvalue weighted by Crippen LogP contribution is 2.20. The monoisotopic (exact) mass is 479 g/mol. The summed E-state index contributed by atoms with van der Waals surface area (Å²) in [4.78, 5) is 69.7. The van der Waals surface area contributed by atoms with Crippen molar-refractivity contribution in [2.45, 2.75) is 70.1 Å². The van der Waals surface area contributed by atoms with E-state index in [2.05, 4.69) is 20.6 Å². The molecule has 0 bridgehead atoms. The molecule has 188 valence electrons. The Balaban J connectivity index is 2.23. The number of nitrogens with two attached hydrogens (primary N) is 2. The van der Waals surface area contributed by atoms with E-state index in [1.54, 1.807) is 6.92 Å². The third-order valence-corrected chi connectivity index (χ3v) is 5.97.